The Morgan fingerprint density at radius 2 is 2.10 bits per heavy atom. The van der Waals surface area contributed by atoms with Crippen LogP contribution in [0.4, 0.5) is 5.69 Å². The van der Waals surface area contributed by atoms with Crippen LogP contribution < -0.4 is 4.90 Å². The minimum Gasteiger partial charge on any atom is -0.388 e. The van der Waals surface area contributed by atoms with Crippen molar-refractivity contribution in [2.45, 2.75) is 17.4 Å². The fourth-order valence-corrected chi connectivity index (χ4v) is 3.21. The summed E-state index contributed by atoms with van der Waals surface area (Å²) in [4.78, 5) is 1.97. The van der Waals surface area contributed by atoms with E-state index in [4.69, 9.17) is 9.29 Å². The number of fused-ring (bicyclic) bond motifs is 1. The summed E-state index contributed by atoms with van der Waals surface area (Å²) in [7, 11) is -4.24. The topological polar surface area (TPSA) is 87.1 Å². The summed E-state index contributed by atoms with van der Waals surface area (Å²) < 4.78 is 36.6. The number of ether oxygens (including phenoxy) is 1. The number of aliphatic hydroxyl groups is 1. The van der Waals surface area contributed by atoms with E-state index in [2.05, 4.69) is 4.90 Å². The van der Waals surface area contributed by atoms with Gasteiger partial charge in [-0.3, -0.25) is 4.55 Å². The lowest BCUT2D eigenvalue weighted by Crippen LogP contribution is -2.42. The first-order chi connectivity index (χ1) is 9.45. The zero-order valence-electron chi connectivity index (χ0n) is 10.9. The van der Waals surface area contributed by atoms with Gasteiger partial charge in [0.1, 0.15) is 0 Å². The Balaban J connectivity index is 1.93. The van der Waals surface area contributed by atoms with Gasteiger partial charge in [-0.2, -0.15) is 8.42 Å². The summed E-state index contributed by atoms with van der Waals surface area (Å²) >= 11 is 0. The average Bonchev–Trinajstić information content (AvgIpc) is 2.34. The first-order valence-corrected chi connectivity index (χ1v) is 8.01. The Hall–Kier alpha value is -1.15. The standard InChI is InChI=1S/C13H17NO5S/c15-13-3-4-14(6-9-7-19-8-9)12-2-1-10(5-11(12)13)20(16,17)18/h1-2,5,9,13,15H,3-4,6-8H2,(H,16,17,18). The third-order valence-electron chi connectivity index (χ3n) is 3.85. The van der Waals surface area contributed by atoms with E-state index < -0.39 is 16.2 Å². The minimum absolute atomic E-state index is 0.177. The molecule has 1 atom stereocenters. The molecule has 0 radical (unpaired) electrons. The van der Waals surface area contributed by atoms with Crippen molar-refractivity contribution in [1.82, 2.24) is 0 Å². The number of nitrogens with zero attached hydrogens (tertiary/aromatic N) is 1. The van der Waals surface area contributed by atoms with Gasteiger partial charge in [-0.15, -0.1) is 0 Å². The van der Waals surface area contributed by atoms with Gasteiger partial charge in [-0.25, -0.2) is 0 Å². The van der Waals surface area contributed by atoms with Crippen molar-refractivity contribution >= 4 is 15.8 Å². The molecular formula is C13H17NO5S. The van der Waals surface area contributed by atoms with E-state index in [0.717, 1.165) is 32.0 Å². The quantitative estimate of drug-likeness (QED) is 0.804. The van der Waals surface area contributed by atoms with Gasteiger partial charge in [-0.1, -0.05) is 0 Å². The van der Waals surface area contributed by atoms with Crippen LogP contribution in [-0.2, 0) is 14.9 Å². The molecule has 0 saturated carbocycles. The van der Waals surface area contributed by atoms with E-state index in [1.807, 2.05) is 0 Å². The molecule has 1 saturated heterocycles. The molecule has 0 amide bonds. The van der Waals surface area contributed by atoms with Crippen LogP contribution >= 0.6 is 0 Å². The van der Waals surface area contributed by atoms with Crippen LogP contribution in [0, 0.1) is 5.92 Å². The van der Waals surface area contributed by atoms with Gasteiger partial charge in [-0.05, 0) is 24.6 Å². The maximum Gasteiger partial charge on any atom is 0.294 e. The Labute approximate surface area is 117 Å². The van der Waals surface area contributed by atoms with Crippen LogP contribution in [0.25, 0.3) is 0 Å². The van der Waals surface area contributed by atoms with Crippen molar-refractivity contribution in [3.8, 4) is 0 Å². The molecule has 110 valence electrons. The Kier molecular flexibility index (Phi) is 3.45. The molecule has 0 aromatic heterocycles. The number of rotatable bonds is 3. The summed E-state index contributed by atoms with van der Waals surface area (Å²) in [5.41, 5.74) is 1.40. The first kappa shape index (κ1) is 13.8. The highest BCUT2D eigenvalue weighted by Crippen LogP contribution is 2.36. The summed E-state index contributed by atoms with van der Waals surface area (Å²) in [6.07, 6.45) is -0.143. The molecule has 1 unspecified atom stereocenters. The van der Waals surface area contributed by atoms with E-state index in [1.54, 1.807) is 6.07 Å². The van der Waals surface area contributed by atoms with Crippen molar-refractivity contribution < 1.29 is 22.8 Å². The van der Waals surface area contributed by atoms with Crippen LogP contribution in [0.1, 0.15) is 18.1 Å². The second kappa shape index (κ2) is 5.00. The highest BCUT2D eigenvalue weighted by Gasteiger charge is 2.29. The van der Waals surface area contributed by atoms with E-state index in [1.165, 1.54) is 12.1 Å². The molecule has 2 heterocycles. The van der Waals surface area contributed by atoms with Crippen molar-refractivity contribution in [2.24, 2.45) is 5.92 Å². The molecule has 1 aromatic rings. The molecule has 7 heteroatoms. The number of benzene rings is 1. The van der Waals surface area contributed by atoms with E-state index in [0.29, 0.717) is 17.9 Å². The first-order valence-electron chi connectivity index (χ1n) is 6.57. The predicted molar refractivity (Wildman–Crippen MR) is 72.4 cm³/mol. The number of aliphatic hydroxyl groups excluding tert-OH is 1. The smallest absolute Gasteiger partial charge is 0.294 e. The highest BCUT2D eigenvalue weighted by atomic mass is 32.2. The SMILES string of the molecule is O=S(=O)(O)c1ccc2c(c1)C(O)CCN2CC1COC1. The fourth-order valence-electron chi connectivity index (χ4n) is 2.69. The van der Waals surface area contributed by atoms with Gasteiger partial charge in [0.25, 0.3) is 10.1 Å². The van der Waals surface area contributed by atoms with Crippen molar-refractivity contribution in [1.29, 1.82) is 0 Å². The van der Waals surface area contributed by atoms with Crippen LogP contribution in [0.3, 0.4) is 0 Å². The molecular weight excluding hydrogens is 282 g/mol. The van der Waals surface area contributed by atoms with Crippen molar-refractivity contribution in [2.75, 3.05) is 31.2 Å². The molecule has 0 bridgehead atoms. The van der Waals surface area contributed by atoms with E-state index in [9.17, 15) is 13.5 Å². The summed E-state index contributed by atoms with van der Waals surface area (Å²) in [6, 6.07) is 4.38. The molecule has 2 aliphatic heterocycles. The second-order valence-corrected chi connectivity index (χ2v) is 6.77. The third kappa shape index (κ3) is 2.54. The number of anilines is 1. The van der Waals surface area contributed by atoms with Gasteiger partial charge in [0.15, 0.2) is 0 Å². The Bertz CT molecular complexity index is 611. The Morgan fingerprint density at radius 1 is 1.35 bits per heavy atom. The monoisotopic (exact) mass is 299 g/mol. The van der Waals surface area contributed by atoms with Crippen molar-refractivity contribution in [3.63, 3.8) is 0 Å². The van der Waals surface area contributed by atoms with Gasteiger partial charge >= 0.3 is 0 Å². The molecule has 6 nitrogen and oxygen atoms in total. The van der Waals surface area contributed by atoms with Gasteiger partial charge in [0.05, 0.1) is 24.2 Å². The van der Waals surface area contributed by atoms with Crippen LogP contribution in [0.15, 0.2) is 23.1 Å². The summed E-state index contributed by atoms with van der Waals surface area (Å²) in [5, 5.41) is 10.0. The van der Waals surface area contributed by atoms with E-state index >= 15 is 0 Å². The van der Waals surface area contributed by atoms with Crippen LogP contribution in [-0.4, -0.2) is 44.4 Å². The lowest BCUT2D eigenvalue weighted by atomic mass is 9.97. The largest absolute Gasteiger partial charge is 0.388 e. The van der Waals surface area contributed by atoms with Crippen LogP contribution in [0.2, 0.25) is 0 Å². The normalized spacial score (nSPS) is 23.3. The lowest BCUT2D eigenvalue weighted by Gasteiger charge is -2.38. The molecule has 2 N–H and O–H groups in total. The average molecular weight is 299 g/mol. The summed E-state index contributed by atoms with van der Waals surface area (Å²) in [6.45, 7) is 3.07. The minimum atomic E-state index is -4.24. The third-order valence-corrected chi connectivity index (χ3v) is 4.70. The second-order valence-electron chi connectivity index (χ2n) is 5.35. The molecule has 0 spiro atoms. The molecule has 20 heavy (non-hydrogen) atoms. The fraction of sp³-hybridized carbons (Fsp3) is 0.538. The summed E-state index contributed by atoms with van der Waals surface area (Å²) in [5.74, 6) is 0.486. The van der Waals surface area contributed by atoms with Gasteiger partial charge in [0, 0.05) is 30.3 Å². The predicted octanol–water partition coefficient (Wildman–Crippen LogP) is 0.823. The van der Waals surface area contributed by atoms with Crippen LogP contribution in [0.5, 0.6) is 0 Å². The zero-order valence-corrected chi connectivity index (χ0v) is 11.7. The molecule has 1 aromatic carbocycles. The number of hydrogen-bond donors (Lipinski definition) is 2. The Morgan fingerprint density at radius 3 is 2.70 bits per heavy atom. The molecule has 3 rings (SSSR count). The molecule has 0 aliphatic carbocycles. The molecule has 2 aliphatic rings. The molecule has 1 fully saturated rings. The number of hydrogen-bond acceptors (Lipinski definition) is 5. The van der Waals surface area contributed by atoms with Gasteiger partial charge < -0.3 is 14.7 Å². The lowest BCUT2D eigenvalue weighted by molar-refractivity contribution is -0.0280. The zero-order chi connectivity index (χ0) is 14.3. The maximum atomic E-state index is 11.2. The van der Waals surface area contributed by atoms with Gasteiger partial charge in [0.2, 0.25) is 0 Å². The highest BCUT2D eigenvalue weighted by molar-refractivity contribution is 7.85. The van der Waals surface area contributed by atoms with Crippen molar-refractivity contribution in [3.05, 3.63) is 23.8 Å². The maximum absolute atomic E-state index is 11.2. The van der Waals surface area contributed by atoms with E-state index in [-0.39, 0.29) is 4.90 Å².